The molecule has 0 saturated heterocycles. The molecule has 0 amide bonds. The lowest BCUT2D eigenvalue weighted by Gasteiger charge is -2.35. The van der Waals surface area contributed by atoms with Crippen LogP contribution in [0.4, 0.5) is 0 Å². The van der Waals surface area contributed by atoms with Gasteiger partial charge in [-0.05, 0) is 42.7 Å². The second kappa shape index (κ2) is 5.65. The first-order valence-corrected chi connectivity index (χ1v) is 8.13. The average Bonchev–Trinajstić information content (AvgIpc) is 3.18. The summed E-state index contributed by atoms with van der Waals surface area (Å²) < 4.78 is 11.7. The number of halogens is 1. The first-order valence-electron chi connectivity index (χ1n) is 7.75. The molecule has 2 aromatic carbocycles. The summed E-state index contributed by atoms with van der Waals surface area (Å²) in [4.78, 5) is 3.97. The molecule has 0 bridgehead atoms. The maximum atomic E-state index is 11.7. The Hall–Kier alpha value is -2.30. The molecule has 1 N–H and O–H groups in total. The smallest absolute Gasteiger partial charge is 0.189 e. The maximum absolute atomic E-state index is 11.7. The molecule has 1 aromatic heterocycles. The van der Waals surface area contributed by atoms with Crippen molar-refractivity contribution in [2.45, 2.75) is 24.0 Å². The molecule has 1 aliphatic carbocycles. The minimum atomic E-state index is -1.44. The first kappa shape index (κ1) is 15.2. The first-order chi connectivity index (χ1) is 11.6. The number of benzene rings is 2. The summed E-state index contributed by atoms with van der Waals surface area (Å²) in [7, 11) is 0. The van der Waals surface area contributed by atoms with E-state index in [2.05, 4.69) is 4.98 Å². The molecule has 1 heterocycles. The second-order valence-corrected chi connectivity index (χ2v) is 6.43. The topological polar surface area (TPSA) is 55.5 Å². The third-order valence-electron chi connectivity index (χ3n) is 4.47. The Balaban J connectivity index is 1.80. The zero-order chi connectivity index (χ0) is 16.6. The van der Waals surface area contributed by atoms with Crippen molar-refractivity contribution in [3.8, 4) is 5.75 Å². The Kier molecular flexibility index (Phi) is 3.59. The molecule has 0 aliphatic heterocycles. The molecule has 3 aromatic rings. The fourth-order valence-corrected chi connectivity index (χ4v) is 3.21. The van der Waals surface area contributed by atoms with Gasteiger partial charge in [0.15, 0.2) is 17.8 Å². The fourth-order valence-electron chi connectivity index (χ4n) is 3.08. The molecule has 1 fully saturated rings. The molecule has 4 rings (SSSR count). The number of hydrogen-bond acceptors (Lipinski definition) is 4. The number of aromatic nitrogens is 1. The van der Waals surface area contributed by atoms with Crippen molar-refractivity contribution in [2.75, 3.05) is 0 Å². The van der Waals surface area contributed by atoms with Crippen molar-refractivity contribution < 1.29 is 14.3 Å². The number of oxazole rings is 1. The van der Waals surface area contributed by atoms with Crippen LogP contribution in [0.25, 0.3) is 0 Å². The standard InChI is InChI=1S/C19H16ClNO3/c20-15-8-6-14(7-9-15)19(22,17-12-21-13-23-17)18(10-11-18)24-16-4-2-1-3-5-16/h1-9,12-13,22H,10-11H2. The van der Waals surface area contributed by atoms with Crippen LogP contribution in [0.3, 0.4) is 0 Å². The van der Waals surface area contributed by atoms with Gasteiger partial charge in [-0.2, -0.15) is 0 Å². The highest BCUT2D eigenvalue weighted by molar-refractivity contribution is 6.30. The number of hydrogen-bond donors (Lipinski definition) is 1. The minimum absolute atomic E-state index is 0.359. The lowest BCUT2D eigenvalue weighted by molar-refractivity contribution is -0.0667. The fraction of sp³-hybridized carbons (Fsp3) is 0.211. The summed E-state index contributed by atoms with van der Waals surface area (Å²) >= 11 is 6.00. The molecule has 1 atom stereocenters. The van der Waals surface area contributed by atoms with E-state index in [1.54, 1.807) is 24.3 Å². The van der Waals surface area contributed by atoms with Gasteiger partial charge in [-0.3, -0.25) is 0 Å². The van der Waals surface area contributed by atoms with Crippen LogP contribution in [0.15, 0.2) is 71.6 Å². The van der Waals surface area contributed by atoms with E-state index >= 15 is 0 Å². The van der Waals surface area contributed by atoms with Crippen LogP contribution in [0.5, 0.6) is 5.75 Å². The van der Waals surface area contributed by atoms with Crippen LogP contribution in [-0.4, -0.2) is 15.7 Å². The van der Waals surface area contributed by atoms with E-state index in [1.165, 1.54) is 12.6 Å². The number of ether oxygens (including phenoxy) is 1. The molecule has 24 heavy (non-hydrogen) atoms. The Morgan fingerprint density at radius 3 is 2.38 bits per heavy atom. The lowest BCUT2D eigenvalue weighted by Crippen LogP contribution is -2.46. The molecule has 1 aliphatic rings. The number of nitrogens with zero attached hydrogens (tertiary/aromatic N) is 1. The third-order valence-corrected chi connectivity index (χ3v) is 4.72. The zero-order valence-electron chi connectivity index (χ0n) is 12.9. The van der Waals surface area contributed by atoms with Crippen LogP contribution in [-0.2, 0) is 5.60 Å². The molecule has 1 unspecified atom stereocenters. The SMILES string of the molecule is OC(c1ccc(Cl)cc1)(c1cnco1)C1(Oc2ccccc2)CC1. The van der Waals surface area contributed by atoms with Gasteiger partial charge in [-0.25, -0.2) is 4.98 Å². The number of para-hydroxylation sites is 1. The van der Waals surface area contributed by atoms with E-state index in [0.717, 1.165) is 0 Å². The predicted molar refractivity (Wildman–Crippen MR) is 90.0 cm³/mol. The summed E-state index contributed by atoms with van der Waals surface area (Å²) in [5.74, 6) is 1.07. The minimum Gasteiger partial charge on any atom is -0.483 e. The highest BCUT2D eigenvalue weighted by Crippen LogP contribution is 2.56. The van der Waals surface area contributed by atoms with Gasteiger partial charge in [-0.1, -0.05) is 41.9 Å². The largest absolute Gasteiger partial charge is 0.483 e. The molecular weight excluding hydrogens is 326 g/mol. The van der Waals surface area contributed by atoms with E-state index in [9.17, 15) is 5.11 Å². The van der Waals surface area contributed by atoms with Crippen LogP contribution < -0.4 is 4.74 Å². The van der Waals surface area contributed by atoms with Crippen LogP contribution in [0.1, 0.15) is 24.2 Å². The van der Waals surface area contributed by atoms with E-state index in [4.69, 9.17) is 20.8 Å². The van der Waals surface area contributed by atoms with E-state index in [1.807, 2.05) is 30.3 Å². The van der Waals surface area contributed by atoms with Crippen molar-refractivity contribution in [3.63, 3.8) is 0 Å². The normalized spacial score (nSPS) is 17.9. The number of aliphatic hydroxyl groups is 1. The Labute approximate surface area is 144 Å². The summed E-state index contributed by atoms with van der Waals surface area (Å²) in [6.45, 7) is 0. The molecule has 1 saturated carbocycles. The zero-order valence-corrected chi connectivity index (χ0v) is 13.6. The van der Waals surface area contributed by atoms with Gasteiger partial charge >= 0.3 is 0 Å². The summed E-state index contributed by atoms with van der Waals surface area (Å²) in [6.07, 6.45) is 4.27. The molecule has 5 heteroatoms. The Bertz CT molecular complexity index is 814. The van der Waals surface area contributed by atoms with Crippen molar-refractivity contribution in [2.24, 2.45) is 0 Å². The molecule has 0 spiro atoms. The molecular formula is C19H16ClNO3. The predicted octanol–water partition coefficient (Wildman–Crippen LogP) is 4.18. The van der Waals surface area contributed by atoms with Gasteiger partial charge in [0.05, 0.1) is 6.20 Å². The van der Waals surface area contributed by atoms with Gasteiger partial charge in [0.25, 0.3) is 0 Å². The maximum Gasteiger partial charge on any atom is 0.189 e. The van der Waals surface area contributed by atoms with Crippen LogP contribution in [0.2, 0.25) is 5.02 Å². The molecule has 0 radical (unpaired) electrons. The van der Waals surface area contributed by atoms with Crippen LogP contribution >= 0.6 is 11.6 Å². The second-order valence-electron chi connectivity index (χ2n) is 5.99. The van der Waals surface area contributed by atoms with Crippen LogP contribution in [0, 0.1) is 0 Å². The van der Waals surface area contributed by atoms with E-state index in [-0.39, 0.29) is 0 Å². The lowest BCUT2D eigenvalue weighted by atomic mass is 9.84. The summed E-state index contributed by atoms with van der Waals surface area (Å²) in [5, 5.41) is 12.3. The van der Waals surface area contributed by atoms with Gasteiger partial charge in [0.2, 0.25) is 0 Å². The summed E-state index contributed by atoms with van der Waals surface area (Å²) in [6, 6.07) is 16.6. The van der Waals surface area contributed by atoms with Gasteiger partial charge in [0, 0.05) is 5.02 Å². The van der Waals surface area contributed by atoms with Crippen molar-refractivity contribution >= 4 is 11.6 Å². The monoisotopic (exact) mass is 341 g/mol. The highest BCUT2D eigenvalue weighted by Gasteiger charge is 2.65. The molecule has 122 valence electrons. The van der Waals surface area contributed by atoms with Gasteiger partial charge in [-0.15, -0.1) is 0 Å². The van der Waals surface area contributed by atoms with E-state index in [0.29, 0.717) is 34.9 Å². The van der Waals surface area contributed by atoms with Crippen molar-refractivity contribution in [1.82, 2.24) is 4.98 Å². The summed E-state index contributed by atoms with van der Waals surface area (Å²) in [5.41, 5.74) is -1.57. The molecule has 4 nitrogen and oxygen atoms in total. The third kappa shape index (κ3) is 2.39. The number of rotatable bonds is 5. The average molecular weight is 342 g/mol. The Morgan fingerprint density at radius 2 is 1.79 bits per heavy atom. The highest BCUT2D eigenvalue weighted by atomic mass is 35.5. The van der Waals surface area contributed by atoms with Crippen molar-refractivity contribution in [3.05, 3.63) is 83.5 Å². The Morgan fingerprint density at radius 1 is 1.08 bits per heavy atom. The van der Waals surface area contributed by atoms with Crippen molar-refractivity contribution in [1.29, 1.82) is 0 Å². The van der Waals surface area contributed by atoms with Gasteiger partial charge < -0.3 is 14.3 Å². The van der Waals surface area contributed by atoms with E-state index < -0.39 is 11.2 Å². The quantitative estimate of drug-likeness (QED) is 0.756. The van der Waals surface area contributed by atoms with Gasteiger partial charge in [0.1, 0.15) is 11.4 Å².